The summed E-state index contributed by atoms with van der Waals surface area (Å²) >= 11 is 0. The molecule has 1 aromatic carbocycles. The summed E-state index contributed by atoms with van der Waals surface area (Å²) in [7, 11) is 3.53. The molecular formula is C20H29IN4O2. The minimum absolute atomic E-state index is 0. The minimum atomic E-state index is 0. The highest BCUT2D eigenvalue weighted by Gasteiger charge is 2.24. The number of benzene rings is 1. The van der Waals surface area contributed by atoms with E-state index in [1.54, 1.807) is 20.4 Å². The fourth-order valence-corrected chi connectivity index (χ4v) is 3.33. The van der Waals surface area contributed by atoms with E-state index in [0.29, 0.717) is 5.92 Å². The Hall–Kier alpha value is -1.90. The first-order chi connectivity index (χ1) is 12.8. The van der Waals surface area contributed by atoms with Crippen LogP contribution >= 0.6 is 24.0 Å². The molecule has 1 saturated heterocycles. The van der Waals surface area contributed by atoms with E-state index in [2.05, 4.69) is 32.7 Å². The lowest BCUT2D eigenvalue weighted by atomic mass is 10.1. The molecule has 1 aliphatic rings. The fourth-order valence-electron chi connectivity index (χ4n) is 3.33. The highest BCUT2D eigenvalue weighted by molar-refractivity contribution is 14.0. The molecule has 0 amide bonds. The maximum absolute atomic E-state index is 5.49. The number of hydrogen-bond donors (Lipinski definition) is 2. The predicted octanol–water partition coefficient (Wildman–Crippen LogP) is 3.14. The van der Waals surface area contributed by atoms with Crippen molar-refractivity contribution in [1.82, 2.24) is 10.6 Å². The van der Waals surface area contributed by atoms with Crippen molar-refractivity contribution in [3.05, 3.63) is 48.4 Å². The smallest absolute Gasteiger partial charge is 0.191 e. The molecule has 1 aromatic heterocycles. The Balaban J connectivity index is 0.00000261. The zero-order valence-corrected chi connectivity index (χ0v) is 18.3. The largest absolute Gasteiger partial charge is 0.495 e. The van der Waals surface area contributed by atoms with Gasteiger partial charge in [-0.25, -0.2) is 0 Å². The van der Waals surface area contributed by atoms with Crippen LogP contribution in [0.4, 0.5) is 5.69 Å². The van der Waals surface area contributed by atoms with E-state index in [1.807, 2.05) is 24.3 Å². The van der Waals surface area contributed by atoms with Gasteiger partial charge in [-0.15, -0.1) is 24.0 Å². The van der Waals surface area contributed by atoms with Gasteiger partial charge in [0.1, 0.15) is 11.5 Å². The first-order valence-electron chi connectivity index (χ1n) is 9.15. The molecule has 2 aromatic rings. The molecule has 1 fully saturated rings. The average molecular weight is 484 g/mol. The van der Waals surface area contributed by atoms with Crippen LogP contribution in [0.2, 0.25) is 0 Å². The van der Waals surface area contributed by atoms with Crippen LogP contribution in [0.1, 0.15) is 12.2 Å². The first kappa shape index (κ1) is 21.4. The van der Waals surface area contributed by atoms with Crippen molar-refractivity contribution in [2.45, 2.75) is 12.8 Å². The van der Waals surface area contributed by atoms with E-state index < -0.39 is 0 Å². The zero-order valence-electron chi connectivity index (χ0n) is 16.0. The zero-order chi connectivity index (χ0) is 18.2. The molecule has 0 saturated carbocycles. The van der Waals surface area contributed by atoms with E-state index >= 15 is 0 Å². The van der Waals surface area contributed by atoms with Crippen LogP contribution in [0.25, 0.3) is 0 Å². The maximum Gasteiger partial charge on any atom is 0.191 e. The van der Waals surface area contributed by atoms with E-state index in [-0.39, 0.29) is 24.0 Å². The van der Waals surface area contributed by atoms with Gasteiger partial charge in [0.15, 0.2) is 5.96 Å². The quantitative estimate of drug-likeness (QED) is 0.359. The molecule has 0 spiro atoms. The van der Waals surface area contributed by atoms with Gasteiger partial charge in [0.25, 0.3) is 0 Å². The normalized spacial score (nSPS) is 16.7. The van der Waals surface area contributed by atoms with E-state index in [0.717, 1.165) is 56.5 Å². The number of aliphatic imine (C=N–C) groups is 1. The van der Waals surface area contributed by atoms with Gasteiger partial charge in [0.2, 0.25) is 0 Å². The number of hydrogen-bond acceptors (Lipinski definition) is 4. The standard InChI is InChI=1S/C20H28N4O2.HI/c1-21-20(22-11-9-17-6-5-13-26-17)23-14-16-10-12-24(15-16)18-7-3-4-8-19(18)25-2;/h3-8,13,16H,9-12,14-15H2,1-2H3,(H2,21,22,23);1H. The third-order valence-electron chi connectivity index (χ3n) is 4.74. The Morgan fingerprint density at radius 1 is 1.26 bits per heavy atom. The van der Waals surface area contributed by atoms with Crippen LogP contribution in [0, 0.1) is 5.92 Å². The van der Waals surface area contributed by atoms with Crippen LogP contribution in [0.3, 0.4) is 0 Å². The monoisotopic (exact) mass is 484 g/mol. The molecule has 6 nitrogen and oxygen atoms in total. The number of anilines is 1. The van der Waals surface area contributed by atoms with Crippen LogP contribution < -0.4 is 20.3 Å². The third kappa shape index (κ3) is 6.05. The van der Waals surface area contributed by atoms with Crippen LogP contribution in [-0.4, -0.2) is 46.3 Å². The summed E-state index contributed by atoms with van der Waals surface area (Å²) in [6.07, 6.45) is 3.71. The Labute approximate surface area is 178 Å². The van der Waals surface area contributed by atoms with Crippen molar-refractivity contribution in [2.24, 2.45) is 10.9 Å². The third-order valence-corrected chi connectivity index (χ3v) is 4.74. The van der Waals surface area contributed by atoms with Crippen LogP contribution in [0.15, 0.2) is 52.1 Å². The summed E-state index contributed by atoms with van der Waals surface area (Å²) in [6, 6.07) is 12.1. The summed E-state index contributed by atoms with van der Waals surface area (Å²) in [5.41, 5.74) is 1.18. The van der Waals surface area contributed by atoms with Crippen molar-refractivity contribution in [3.8, 4) is 5.75 Å². The average Bonchev–Trinajstić information content (AvgIpc) is 3.36. The Bertz CT molecular complexity index is 706. The summed E-state index contributed by atoms with van der Waals surface area (Å²) in [5, 5.41) is 6.78. The summed E-state index contributed by atoms with van der Waals surface area (Å²) in [5.74, 6) is 3.35. The number of furan rings is 1. The Morgan fingerprint density at radius 2 is 2.11 bits per heavy atom. The van der Waals surface area contributed by atoms with Crippen molar-refractivity contribution in [3.63, 3.8) is 0 Å². The molecule has 1 aliphatic heterocycles. The number of para-hydroxylation sites is 2. The van der Waals surface area contributed by atoms with E-state index in [1.165, 1.54) is 5.69 Å². The van der Waals surface area contributed by atoms with Crippen molar-refractivity contribution in [2.75, 3.05) is 45.2 Å². The molecule has 0 aliphatic carbocycles. The predicted molar refractivity (Wildman–Crippen MR) is 121 cm³/mol. The van der Waals surface area contributed by atoms with Gasteiger partial charge in [-0.3, -0.25) is 4.99 Å². The minimum Gasteiger partial charge on any atom is -0.495 e. The van der Waals surface area contributed by atoms with Crippen LogP contribution in [-0.2, 0) is 6.42 Å². The molecular weight excluding hydrogens is 455 g/mol. The number of nitrogens with one attached hydrogen (secondary N) is 2. The van der Waals surface area contributed by atoms with Crippen molar-refractivity contribution >= 4 is 35.6 Å². The Kier molecular flexibility index (Phi) is 8.77. The highest BCUT2D eigenvalue weighted by atomic mass is 127. The fraction of sp³-hybridized carbons (Fsp3) is 0.450. The molecule has 0 bridgehead atoms. The molecule has 1 atom stereocenters. The summed E-state index contributed by atoms with van der Waals surface area (Å²) in [4.78, 5) is 6.70. The van der Waals surface area contributed by atoms with Gasteiger partial charge in [-0.05, 0) is 36.6 Å². The van der Waals surface area contributed by atoms with E-state index in [9.17, 15) is 0 Å². The summed E-state index contributed by atoms with van der Waals surface area (Å²) in [6.45, 7) is 3.78. The topological polar surface area (TPSA) is 62.0 Å². The van der Waals surface area contributed by atoms with E-state index in [4.69, 9.17) is 9.15 Å². The molecule has 3 rings (SSSR count). The summed E-state index contributed by atoms with van der Waals surface area (Å²) < 4.78 is 10.8. The van der Waals surface area contributed by atoms with Crippen molar-refractivity contribution < 1.29 is 9.15 Å². The first-order valence-corrected chi connectivity index (χ1v) is 9.15. The molecule has 1 unspecified atom stereocenters. The van der Waals surface area contributed by atoms with Gasteiger partial charge >= 0.3 is 0 Å². The van der Waals surface area contributed by atoms with Crippen molar-refractivity contribution in [1.29, 1.82) is 0 Å². The number of rotatable bonds is 7. The molecule has 2 N–H and O–H groups in total. The highest BCUT2D eigenvalue weighted by Crippen LogP contribution is 2.31. The number of halogens is 1. The second-order valence-electron chi connectivity index (χ2n) is 6.48. The Morgan fingerprint density at radius 3 is 2.85 bits per heavy atom. The van der Waals surface area contributed by atoms with Gasteiger partial charge in [0, 0.05) is 39.6 Å². The van der Waals surface area contributed by atoms with Gasteiger partial charge in [-0.1, -0.05) is 12.1 Å². The van der Waals surface area contributed by atoms with Gasteiger partial charge < -0.3 is 24.7 Å². The molecule has 148 valence electrons. The number of ether oxygens (including phenoxy) is 1. The van der Waals surface area contributed by atoms with Crippen LogP contribution in [0.5, 0.6) is 5.75 Å². The van der Waals surface area contributed by atoms with Gasteiger partial charge in [0.05, 0.1) is 19.1 Å². The lowest BCUT2D eigenvalue weighted by molar-refractivity contribution is 0.414. The SMILES string of the molecule is CN=C(NCCc1ccco1)NCC1CCN(c2ccccc2OC)C1.I. The second-order valence-corrected chi connectivity index (χ2v) is 6.48. The number of guanidine groups is 1. The maximum atomic E-state index is 5.49. The lowest BCUT2D eigenvalue weighted by Crippen LogP contribution is -2.41. The molecule has 0 radical (unpaired) electrons. The molecule has 2 heterocycles. The lowest BCUT2D eigenvalue weighted by Gasteiger charge is -2.21. The number of methoxy groups -OCH3 is 1. The van der Waals surface area contributed by atoms with Gasteiger partial charge in [-0.2, -0.15) is 0 Å². The molecule has 7 heteroatoms. The number of nitrogens with zero attached hydrogens (tertiary/aromatic N) is 2. The second kappa shape index (κ2) is 11.1. The molecule has 27 heavy (non-hydrogen) atoms.